The molecule has 0 aliphatic carbocycles. The molecule has 1 aromatic heterocycles. The molecule has 0 saturated carbocycles. The number of likely N-dealkylation sites (N-methyl/N-ethyl adjacent to an activating group) is 1. The van der Waals surface area contributed by atoms with Gasteiger partial charge in [-0.25, -0.2) is 9.78 Å². The Bertz CT molecular complexity index is 927. The number of benzene rings is 1. The summed E-state index contributed by atoms with van der Waals surface area (Å²) in [6, 6.07) is 6.31. The van der Waals surface area contributed by atoms with Gasteiger partial charge in [0.1, 0.15) is 17.8 Å². The topological polar surface area (TPSA) is 91.8 Å². The van der Waals surface area contributed by atoms with Crippen LogP contribution in [0.3, 0.4) is 0 Å². The maximum absolute atomic E-state index is 13.0. The average molecular weight is 417 g/mol. The van der Waals surface area contributed by atoms with Crippen LogP contribution in [0.25, 0.3) is 0 Å². The molecular weight excluding hydrogens is 392 g/mol. The first-order chi connectivity index (χ1) is 13.8. The highest BCUT2D eigenvalue weighted by molar-refractivity contribution is 7.09. The summed E-state index contributed by atoms with van der Waals surface area (Å²) in [5, 5.41) is 5.62. The van der Waals surface area contributed by atoms with Crippen LogP contribution < -0.4 is 10.1 Å². The van der Waals surface area contributed by atoms with Crippen LogP contribution in [0.4, 0.5) is 4.79 Å². The quantitative estimate of drug-likeness (QED) is 0.698. The van der Waals surface area contributed by atoms with Crippen LogP contribution in [0, 0.1) is 0 Å². The number of imide groups is 1. The van der Waals surface area contributed by atoms with Gasteiger partial charge < -0.3 is 15.0 Å². The van der Waals surface area contributed by atoms with Crippen molar-refractivity contribution in [3.05, 3.63) is 45.9 Å². The zero-order valence-electron chi connectivity index (χ0n) is 16.9. The molecule has 3 rings (SSSR count). The molecule has 29 heavy (non-hydrogen) atoms. The predicted octanol–water partition coefficient (Wildman–Crippen LogP) is 2.14. The lowest BCUT2D eigenvalue weighted by atomic mass is 9.92. The maximum Gasteiger partial charge on any atom is 0.325 e. The number of rotatable bonds is 7. The van der Waals surface area contributed by atoms with Crippen LogP contribution in [0.2, 0.25) is 0 Å². The molecule has 2 heterocycles. The minimum atomic E-state index is -1.23. The maximum atomic E-state index is 13.0. The summed E-state index contributed by atoms with van der Waals surface area (Å²) in [6.07, 6.45) is 0.842. The zero-order chi connectivity index (χ0) is 21.2. The second-order valence-electron chi connectivity index (χ2n) is 7.01. The fourth-order valence-corrected chi connectivity index (χ4v) is 3.87. The molecule has 2 aromatic rings. The number of carbonyl (C=O) groups is 3. The highest BCUT2D eigenvalue weighted by Crippen LogP contribution is 2.30. The predicted molar refractivity (Wildman–Crippen MR) is 109 cm³/mol. The zero-order valence-corrected chi connectivity index (χ0v) is 17.7. The fraction of sp³-hybridized carbons (Fsp3) is 0.400. The molecule has 1 aliphatic heterocycles. The summed E-state index contributed by atoms with van der Waals surface area (Å²) < 4.78 is 5.13. The van der Waals surface area contributed by atoms with E-state index in [1.165, 1.54) is 4.90 Å². The van der Waals surface area contributed by atoms with Crippen molar-refractivity contribution in [2.24, 2.45) is 0 Å². The van der Waals surface area contributed by atoms with Crippen molar-refractivity contribution in [2.75, 3.05) is 20.7 Å². The van der Waals surface area contributed by atoms with Crippen LogP contribution in [-0.4, -0.2) is 53.3 Å². The number of hydrogen-bond donors (Lipinski definition) is 1. The van der Waals surface area contributed by atoms with Gasteiger partial charge in [-0.1, -0.05) is 19.1 Å². The Balaban J connectivity index is 1.69. The largest absolute Gasteiger partial charge is 0.497 e. The molecule has 8 nitrogen and oxygen atoms in total. The number of aromatic nitrogens is 1. The van der Waals surface area contributed by atoms with Crippen LogP contribution >= 0.6 is 11.3 Å². The van der Waals surface area contributed by atoms with Gasteiger partial charge in [0.15, 0.2) is 0 Å². The van der Waals surface area contributed by atoms with E-state index >= 15 is 0 Å². The molecule has 1 N–H and O–H groups in total. The number of ether oxygens (including phenoxy) is 1. The molecule has 0 bridgehead atoms. The van der Waals surface area contributed by atoms with Crippen LogP contribution in [0.15, 0.2) is 29.6 Å². The Morgan fingerprint density at radius 1 is 1.31 bits per heavy atom. The van der Waals surface area contributed by atoms with Crippen molar-refractivity contribution < 1.29 is 19.1 Å². The molecule has 154 valence electrons. The SMILES string of the molecule is CCc1nc(CN(C)C(=O)CN2C(=O)NC(C)(c3ccc(OC)cc3)C2=O)cs1. The summed E-state index contributed by atoms with van der Waals surface area (Å²) in [5.74, 6) is -0.147. The van der Waals surface area contributed by atoms with E-state index in [1.807, 2.05) is 12.3 Å². The van der Waals surface area contributed by atoms with Crippen LogP contribution in [0.1, 0.15) is 30.1 Å². The number of thiazole rings is 1. The second-order valence-corrected chi connectivity index (χ2v) is 7.95. The minimum Gasteiger partial charge on any atom is -0.497 e. The van der Waals surface area contributed by atoms with Crippen molar-refractivity contribution in [1.82, 2.24) is 20.1 Å². The number of nitrogens with zero attached hydrogens (tertiary/aromatic N) is 3. The molecule has 1 aliphatic rings. The molecular formula is C20H24N4O4S. The third-order valence-electron chi connectivity index (χ3n) is 4.96. The van der Waals surface area contributed by atoms with Gasteiger partial charge in [0, 0.05) is 12.4 Å². The molecule has 4 amide bonds. The highest BCUT2D eigenvalue weighted by atomic mass is 32.1. The van der Waals surface area contributed by atoms with Crippen molar-refractivity contribution >= 4 is 29.2 Å². The lowest BCUT2D eigenvalue weighted by Gasteiger charge is -2.23. The van der Waals surface area contributed by atoms with Crippen LogP contribution in [-0.2, 0) is 28.1 Å². The van der Waals surface area contributed by atoms with Crippen molar-refractivity contribution in [2.45, 2.75) is 32.4 Å². The van der Waals surface area contributed by atoms with E-state index in [1.54, 1.807) is 56.7 Å². The number of methoxy groups -OCH3 is 1. The minimum absolute atomic E-state index is 0.322. The number of hydrogen-bond acceptors (Lipinski definition) is 6. The molecule has 0 radical (unpaired) electrons. The summed E-state index contributed by atoms with van der Waals surface area (Å²) in [5.41, 5.74) is 0.185. The van der Waals surface area contributed by atoms with E-state index in [9.17, 15) is 14.4 Å². The normalized spacial score (nSPS) is 18.7. The summed E-state index contributed by atoms with van der Waals surface area (Å²) >= 11 is 1.55. The van der Waals surface area contributed by atoms with Crippen molar-refractivity contribution in [1.29, 1.82) is 0 Å². The van der Waals surface area contributed by atoms with Crippen molar-refractivity contribution in [3.8, 4) is 5.75 Å². The number of urea groups is 1. The summed E-state index contributed by atoms with van der Waals surface area (Å²) in [7, 11) is 3.19. The van der Waals surface area contributed by atoms with E-state index in [-0.39, 0.29) is 12.5 Å². The van der Waals surface area contributed by atoms with Gasteiger partial charge in [0.05, 0.1) is 24.4 Å². The summed E-state index contributed by atoms with van der Waals surface area (Å²) in [6.45, 7) is 3.66. The van der Waals surface area contributed by atoms with Crippen molar-refractivity contribution in [3.63, 3.8) is 0 Å². The van der Waals surface area contributed by atoms with Gasteiger partial charge in [-0.3, -0.25) is 14.5 Å². The Hall–Kier alpha value is -2.94. The van der Waals surface area contributed by atoms with E-state index < -0.39 is 17.5 Å². The lowest BCUT2D eigenvalue weighted by Crippen LogP contribution is -2.43. The van der Waals surface area contributed by atoms with E-state index in [0.29, 0.717) is 17.9 Å². The standard InChI is InChI=1S/C20H24N4O4S/c1-5-16-21-14(12-29-16)10-23(3)17(25)11-24-18(26)20(2,22-19(24)27)13-6-8-15(28-4)9-7-13/h6-9,12H,5,10-11H2,1-4H3,(H,22,27). The number of nitrogens with one attached hydrogen (secondary N) is 1. The first kappa shape index (κ1) is 20.8. The van der Waals surface area contributed by atoms with Gasteiger partial charge >= 0.3 is 6.03 Å². The Morgan fingerprint density at radius 2 is 2.00 bits per heavy atom. The van der Waals surface area contributed by atoms with E-state index in [2.05, 4.69) is 10.3 Å². The van der Waals surface area contributed by atoms with Gasteiger partial charge in [-0.2, -0.15) is 0 Å². The van der Waals surface area contributed by atoms with E-state index in [4.69, 9.17) is 4.74 Å². The average Bonchev–Trinajstić information content (AvgIpc) is 3.26. The Kier molecular flexibility index (Phi) is 5.88. The van der Waals surface area contributed by atoms with Gasteiger partial charge in [0.25, 0.3) is 5.91 Å². The number of aryl methyl sites for hydroxylation is 1. The summed E-state index contributed by atoms with van der Waals surface area (Å²) in [4.78, 5) is 44.9. The van der Waals surface area contributed by atoms with Gasteiger partial charge in [0.2, 0.25) is 5.91 Å². The fourth-order valence-electron chi connectivity index (χ4n) is 3.13. The lowest BCUT2D eigenvalue weighted by molar-refractivity contribution is -0.138. The molecule has 0 spiro atoms. The van der Waals surface area contributed by atoms with E-state index in [0.717, 1.165) is 22.0 Å². The van der Waals surface area contributed by atoms with Gasteiger partial charge in [-0.05, 0) is 31.0 Å². The highest BCUT2D eigenvalue weighted by Gasteiger charge is 2.49. The molecule has 1 atom stereocenters. The monoisotopic (exact) mass is 416 g/mol. The smallest absolute Gasteiger partial charge is 0.325 e. The van der Waals surface area contributed by atoms with Gasteiger partial charge in [-0.15, -0.1) is 11.3 Å². The first-order valence-corrected chi connectivity index (χ1v) is 10.1. The number of amides is 4. The Labute approximate surface area is 173 Å². The Morgan fingerprint density at radius 3 is 2.59 bits per heavy atom. The first-order valence-electron chi connectivity index (χ1n) is 9.24. The molecule has 1 unspecified atom stereocenters. The molecule has 1 saturated heterocycles. The third kappa shape index (κ3) is 4.09. The second kappa shape index (κ2) is 8.20. The molecule has 1 aromatic carbocycles. The van der Waals surface area contributed by atoms with Crippen LogP contribution in [0.5, 0.6) is 5.75 Å². The molecule has 9 heteroatoms. The third-order valence-corrected chi connectivity index (χ3v) is 6.00. The number of carbonyl (C=O) groups excluding carboxylic acids is 3. The molecule has 1 fully saturated rings.